The van der Waals surface area contributed by atoms with Crippen molar-refractivity contribution in [2.45, 2.75) is 26.3 Å². The molecule has 0 bridgehead atoms. The Hall–Kier alpha value is -1.55. The van der Waals surface area contributed by atoms with Crippen LogP contribution < -0.4 is 10.6 Å². The quantitative estimate of drug-likeness (QED) is 0.547. The number of aliphatic hydroxyl groups is 1. The normalized spacial score (nSPS) is 11.4. The van der Waals surface area contributed by atoms with E-state index in [1.165, 1.54) is 0 Å². The van der Waals surface area contributed by atoms with Crippen LogP contribution in [0.2, 0.25) is 0 Å². The van der Waals surface area contributed by atoms with Crippen LogP contribution in [0.1, 0.15) is 25.0 Å². The summed E-state index contributed by atoms with van der Waals surface area (Å²) < 4.78 is 0. The van der Waals surface area contributed by atoms with E-state index in [0.29, 0.717) is 5.56 Å². The predicted octanol–water partition coefficient (Wildman–Crippen LogP) is 1.49. The highest BCUT2D eigenvalue weighted by atomic mass is 16.3. The number of anilines is 1. The molecule has 4 N–H and O–H groups in total. The monoisotopic (exact) mass is 235 g/mol. The van der Waals surface area contributed by atoms with Crippen LogP contribution in [-0.4, -0.2) is 30.1 Å². The molecular formula is C13H21N3O. The number of hydrogen-bond donors (Lipinski definition) is 3. The first-order valence-electron chi connectivity index (χ1n) is 5.60. The van der Waals surface area contributed by atoms with E-state index in [9.17, 15) is 5.11 Å². The average molecular weight is 235 g/mol. The topological polar surface area (TPSA) is 73.3 Å². The fourth-order valence-electron chi connectivity index (χ4n) is 1.73. The van der Waals surface area contributed by atoms with E-state index < -0.39 is 5.54 Å². The van der Waals surface area contributed by atoms with Crippen LogP contribution in [0.15, 0.2) is 18.2 Å². The van der Waals surface area contributed by atoms with Gasteiger partial charge in [0, 0.05) is 12.6 Å². The fourth-order valence-corrected chi connectivity index (χ4v) is 1.73. The molecule has 4 nitrogen and oxygen atoms in total. The summed E-state index contributed by atoms with van der Waals surface area (Å²) in [7, 11) is 1.91. The molecule has 17 heavy (non-hydrogen) atoms. The van der Waals surface area contributed by atoms with Gasteiger partial charge in [0.1, 0.15) is 5.84 Å². The highest BCUT2D eigenvalue weighted by molar-refractivity contribution is 6.01. The third kappa shape index (κ3) is 2.58. The molecule has 0 spiro atoms. The van der Waals surface area contributed by atoms with E-state index in [-0.39, 0.29) is 12.4 Å². The highest BCUT2D eigenvalue weighted by Gasteiger charge is 2.26. The minimum absolute atomic E-state index is 0.0369. The second-order valence-corrected chi connectivity index (χ2v) is 4.91. The lowest BCUT2D eigenvalue weighted by molar-refractivity contribution is 0.216. The summed E-state index contributed by atoms with van der Waals surface area (Å²) in [4.78, 5) is 1.97. The van der Waals surface area contributed by atoms with Crippen LogP contribution in [0.3, 0.4) is 0 Å². The zero-order chi connectivity index (χ0) is 13.2. The van der Waals surface area contributed by atoms with Gasteiger partial charge in [0.2, 0.25) is 0 Å². The maximum Gasteiger partial charge on any atom is 0.124 e. The van der Waals surface area contributed by atoms with Crippen LogP contribution in [0.5, 0.6) is 0 Å². The molecule has 0 aliphatic heterocycles. The Kier molecular flexibility index (Phi) is 3.78. The summed E-state index contributed by atoms with van der Waals surface area (Å²) in [6, 6.07) is 5.69. The van der Waals surface area contributed by atoms with Gasteiger partial charge in [-0.05, 0) is 32.4 Å². The van der Waals surface area contributed by atoms with Gasteiger partial charge in [-0.1, -0.05) is 12.1 Å². The molecular weight excluding hydrogens is 214 g/mol. The summed E-state index contributed by atoms with van der Waals surface area (Å²) >= 11 is 0. The minimum atomic E-state index is -0.393. The summed E-state index contributed by atoms with van der Waals surface area (Å²) in [5.41, 5.74) is 7.86. The number of aliphatic hydroxyl groups excluding tert-OH is 1. The lowest BCUT2D eigenvalue weighted by Crippen LogP contribution is -2.45. The van der Waals surface area contributed by atoms with Gasteiger partial charge in [-0.2, -0.15) is 0 Å². The summed E-state index contributed by atoms with van der Waals surface area (Å²) in [5, 5.41) is 17.0. The van der Waals surface area contributed by atoms with Gasteiger partial charge in [-0.3, -0.25) is 5.41 Å². The molecule has 0 saturated carbocycles. The molecule has 0 saturated heterocycles. The van der Waals surface area contributed by atoms with Crippen molar-refractivity contribution >= 4 is 11.5 Å². The Labute approximate surface area is 103 Å². The Morgan fingerprint density at radius 2 is 2.06 bits per heavy atom. The number of likely N-dealkylation sites (N-methyl/N-ethyl adjacent to an activating group) is 1. The number of amidine groups is 1. The van der Waals surface area contributed by atoms with E-state index in [4.69, 9.17) is 11.1 Å². The first-order valence-corrected chi connectivity index (χ1v) is 5.60. The highest BCUT2D eigenvalue weighted by Crippen LogP contribution is 2.29. The van der Waals surface area contributed by atoms with Crippen molar-refractivity contribution in [2.24, 2.45) is 5.73 Å². The number of rotatable bonds is 4. The molecule has 0 aliphatic carbocycles. The summed E-state index contributed by atoms with van der Waals surface area (Å²) in [6.07, 6.45) is 0. The van der Waals surface area contributed by atoms with Crippen LogP contribution in [0.4, 0.5) is 5.69 Å². The molecule has 0 heterocycles. The van der Waals surface area contributed by atoms with E-state index in [0.717, 1.165) is 11.3 Å². The van der Waals surface area contributed by atoms with Gasteiger partial charge < -0.3 is 15.7 Å². The smallest absolute Gasteiger partial charge is 0.124 e. The first kappa shape index (κ1) is 13.5. The Morgan fingerprint density at radius 3 is 2.53 bits per heavy atom. The molecule has 1 aromatic rings. The minimum Gasteiger partial charge on any atom is -0.394 e. The predicted molar refractivity (Wildman–Crippen MR) is 71.8 cm³/mol. The second-order valence-electron chi connectivity index (χ2n) is 4.91. The standard InChI is InChI=1S/C13H21N3O/c1-9-6-5-7-10(12(14)15)11(9)16(4)13(2,3)8-17/h5-7,17H,8H2,1-4H3,(H3,14,15). The third-order valence-electron chi connectivity index (χ3n) is 3.16. The van der Waals surface area contributed by atoms with Crippen LogP contribution in [0, 0.1) is 12.3 Å². The maximum absolute atomic E-state index is 9.42. The molecule has 1 rings (SSSR count). The van der Waals surface area contributed by atoms with Crippen LogP contribution >= 0.6 is 0 Å². The van der Waals surface area contributed by atoms with Gasteiger partial charge in [0.25, 0.3) is 0 Å². The van der Waals surface area contributed by atoms with Crippen molar-refractivity contribution in [1.82, 2.24) is 0 Å². The van der Waals surface area contributed by atoms with Crippen molar-refractivity contribution < 1.29 is 5.11 Å². The number of nitrogens with one attached hydrogen (secondary N) is 1. The van der Waals surface area contributed by atoms with Gasteiger partial charge in [0.05, 0.1) is 17.8 Å². The number of para-hydroxylation sites is 1. The molecule has 94 valence electrons. The molecule has 0 fully saturated rings. The van der Waals surface area contributed by atoms with Crippen LogP contribution in [-0.2, 0) is 0 Å². The zero-order valence-electron chi connectivity index (χ0n) is 10.9. The number of nitrogens with zero attached hydrogens (tertiary/aromatic N) is 1. The molecule has 1 aromatic carbocycles. The molecule has 4 heteroatoms. The number of nitrogen functional groups attached to an aromatic ring is 1. The Bertz CT molecular complexity index is 427. The van der Waals surface area contributed by atoms with Crippen LogP contribution in [0.25, 0.3) is 0 Å². The van der Waals surface area contributed by atoms with Gasteiger partial charge in [-0.15, -0.1) is 0 Å². The zero-order valence-corrected chi connectivity index (χ0v) is 10.9. The SMILES string of the molecule is Cc1cccc(C(=N)N)c1N(C)C(C)(C)CO. The third-order valence-corrected chi connectivity index (χ3v) is 3.16. The van der Waals surface area contributed by atoms with Crippen molar-refractivity contribution in [3.05, 3.63) is 29.3 Å². The van der Waals surface area contributed by atoms with E-state index in [2.05, 4.69) is 0 Å². The lowest BCUT2D eigenvalue weighted by atomic mass is 9.99. The van der Waals surface area contributed by atoms with Crippen molar-refractivity contribution in [3.63, 3.8) is 0 Å². The number of hydrogen-bond acceptors (Lipinski definition) is 3. The van der Waals surface area contributed by atoms with Crippen molar-refractivity contribution in [2.75, 3.05) is 18.6 Å². The fraction of sp³-hybridized carbons (Fsp3) is 0.462. The van der Waals surface area contributed by atoms with E-state index >= 15 is 0 Å². The lowest BCUT2D eigenvalue weighted by Gasteiger charge is -2.38. The Balaban J connectivity index is 3.34. The molecule has 0 radical (unpaired) electrons. The number of aryl methyl sites for hydroxylation is 1. The van der Waals surface area contributed by atoms with Crippen molar-refractivity contribution in [3.8, 4) is 0 Å². The summed E-state index contributed by atoms with van der Waals surface area (Å²) in [6.45, 7) is 5.91. The van der Waals surface area contributed by atoms with Crippen molar-refractivity contribution in [1.29, 1.82) is 5.41 Å². The number of nitrogens with two attached hydrogens (primary N) is 1. The van der Waals surface area contributed by atoms with Gasteiger partial charge >= 0.3 is 0 Å². The van der Waals surface area contributed by atoms with Gasteiger partial charge in [-0.25, -0.2) is 0 Å². The second kappa shape index (κ2) is 4.75. The van der Waals surface area contributed by atoms with Gasteiger partial charge in [0.15, 0.2) is 0 Å². The average Bonchev–Trinajstić information content (AvgIpc) is 2.27. The molecule has 0 atom stereocenters. The largest absolute Gasteiger partial charge is 0.394 e. The van der Waals surface area contributed by atoms with E-state index in [1.807, 2.05) is 50.9 Å². The molecule has 0 aromatic heterocycles. The molecule has 0 unspecified atom stereocenters. The van der Waals surface area contributed by atoms with E-state index in [1.54, 1.807) is 0 Å². The number of benzene rings is 1. The molecule has 0 aliphatic rings. The Morgan fingerprint density at radius 1 is 1.47 bits per heavy atom. The molecule has 0 amide bonds. The first-order chi connectivity index (χ1) is 7.81. The maximum atomic E-state index is 9.42. The summed E-state index contributed by atoms with van der Waals surface area (Å²) in [5.74, 6) is 0.0456.